The number of likely N-dealkylation sites (tertiary alicyclic amines) is 1. The topological polar surface area (TPSA) is 84.1 Å². The highest BCUT2D eigenvalue weighted by Gasteiger charge is 2.35. The summed E-state index contributed by atoms with van der Waals surface area (Å²) < 4.78 is 26.7. The molecule has 0 aliphatic carbocycles. The van der Waals surface area contributed by atoms with E-state index in [1.165, 1.54) is 18.5 Å². The second-order valence-electron chi connectivity index (χ2n) is 5.76. The van der Waals surface area contributed by atoms with Crippen LogP contribution in [0.4, 0.5) is 14.6 Å². The predicted molar refractivity (Wildman–Crippen MR) is 84.0 cm³/mol. The number of benzene rings is 1. The van der Waals surface area contributed by atoms with Crippen molar-refractivity contribution in [1.82, 2.24) is 20.2 Å². The zero-order valence-corrected chi connectivity index (χ0v) is 13.0. The van der Waals surface area contributed by atoms with Crippen LogP contribution < -0.4 is 11.1 Å². The smallest absolute Gasteiger partial charge is 0.274 e. The minimum absolute atomic E-state index is 0.0470. The lowest BCUT2D eigenvalue weighted by atomic mass is 9.99. The van der Waals surface area contributed by atoms with Crippen molar-refractivity contribution in [1.29, 1.82) is 0 Å². The molecule has 1 aliphatic heterocycles. The molecule has 0 bridgehead atoms. The van der Waals surface area contributed by atoms with E-state index in [-0.39, 0.29) is 23.6 Å². The molecule has 126 valence electrons. The summed E-state index contributed by atoms with van der Waals surface area (Å²) in [5.74, 6) is -2.19. The summed E-state index contributed by atoms with van der Waals surface area (Å²) in [5, 5.41) is 2.87. The molecular formula is C16H17F2N5O. The van der Waals surface area contributed by atoms with E-state index in [0.717, 1.165) is 12.1 Å². The van der Waals surface area contributed by atoms with Crippen molar-refractivity contribution >= 4 is 11.7 Å². The van der Waals surface area contributed by atoms with E-state index in [0.29, 0.717) is 18.5 Å². The molecule has 0 radical (unpaired) electrons. The molecule has 1 amide bonds. The highest BCUT2D eigenvalue weighted by molar-refractivity contribution is 5.96. The average Bonchev–Trinajstić information content (AvgIpc) is 2.91. The van der Waals surface area contributed by atoms with Crippen LogP contribution in [0.2, 0.25) is 0 Å². The molecule has 0 spiro atoms. The number of rotatable bonds is 3. The van der Waals surface area contributed by atoms with Crippen molar-refractivity contribution in [2.45, 2.75) is 18.5 Å². The molecule has 1 aliphatic rings. The Kier molecular flexibility index (Phi) is 4.39. The van der Waals surface area contributed by atoms with Gasteiger partial charge in [0.15, 0.2) is 23.1 Å². The van der Waals surface area contributed by atoms with Crippen LogP contribution in [0.1, 0.15) is 28.5 Å². The Bertz CT molecular complexity index is 770. The minimum atomic E-state index is -0.906. The van der Waals surface area contributed by atoms with Crippen LogP contribution in [0.3, 0.4) is 0 Å². The zero-order valence-electron chi connectivity index (χ0n) is 13.0. The number of hydrogen-bond acceptors (Lipinski definition) is 5. The van der Waals surface area contributed by atoms with Gasteiger partial charge in [0.1, 0.15) is 0 Å². The number of hydrogen-bond donors (Lipinski definition) is 2. The summed E-state index contributed by atoms with van der Waals surface area (Å²) in [6.45, 7) is 0.713. The summed E-state index contributed by atoms with van der Waals surface area (Å²) in [5.41, 5.74) is 6.32. The summed E-state index contributed by atoms with van der Waals surface area (Å²) in [7, 11) is 1.87. The van der Waals surface area contributed by atoms with Crippen LogP contribution in [-0.2, 0) is 0 Å². The first-order chi connectivity index (χ1) is 11.5. The Balaban J connectivity index is 1.83. The standard InChI is InChI=1S/C16H17F2N5O/c1-23-7-4-12(14(23)9-2-3-10(17)11(18)8-9)22-16(24)13-15(19)21-6-5-20-13/h2-3,5-6,8,12,14H,4,7H2,1H3,(H2,19,21)(H,22,24)/t12-,14-/m0/s1. The number of nitrogens with two attached hydrogens (primary N) is 1. The maximum absolute atomic E-state index is 13.6. The lowest BCUT2D eigenvalue weighted by molar-refractivity contribution is 0.0923. The van der Waals surface area contributed by atoms with Gasteiger partial charge in [-0.25, -0.2) is 18.7 Å². The fourth-order valence-corrected chi connectivity index (χ4v) is 3.04. The predicted octanol–water partition coefficient (Wildman–Crippen LogP) is 1.51. The number of aromatic nitrogens is 2. The number of anilines is 1. The molecule has 8 heteroatoms. The number of halogens is 2. The number of likely N-dealkylation sites (N-methyl/N-ethyl adjacent to an activating group) is 1. The number of nitrogens with zero attached hydrogens (tertiary/aromatic N) is 3. The fraction of sp³-hybridized carbons (Fsp3) is 0.312. The van der Waals surface area contributed by atoms with Crippen LogP contribution in [0.25, 0.3) is 0 Å². The van der Waals surface area contributed by atoms with Crippen LogP contribution >= 0.6 is 0 Å². The van der Waals surface area contributed by atoms with Gasteiger partial charge in [0.05, 0.1) is 12.1 Å². The first kappa shape index (κ1) is 16.3. The van der Waals surface area contributed by atoms with Gasteiger partial charge in [0, 0.05) is 18.9 Å². The third-order valence-electron chi connectivity index (χ3n) is 4.19. The summed E-state index contributed by atoms with van der Waals surface area (Å²) in [6.07, 6.45) is 3.46. The van der Waals surface area contributed by atoms with Gasteiger partial charge >= 0.3 is 0 Å². The van der Waals surface area contributed by atoms with Gasteiger partial charge < -0.3 is 11.1 Å². The van der Waals surface area contributed by atoms with E-state index in [4.69, 9.17) is 5.73 Å². The molecule has 1 fully saturated rings. The number of nitrogen functional groups attached to an aromatic ring is 1. The molecule has 0 saturated carbocycles. The molecule has 2 aromatic rings. The maximum Gasteiger partial charge on any atom is 0.274 e. The molecule has 24 heavy (non-hydrogen) atoms. The monoisotopic (exact) mass is 333 g/mol. The normalized spacial score (nSPS) is 21.0. The third kappa shape index (κ3) is 3.05. The fourth-order valence-electron chi connectivity index (χ4n) is 3.04. The Morgan fingerprint density at radius 1 is 1.29 bits per heavy atom. The Labute approximate surface area is 137 Å². The highest BCUT2D eigenvalue weighted by Crippen LogP contribution is 2.32. The molecule has 3 N–H and O–H groups in total. The summed E-state index contributed by atoms with van der Waals surface area (Å²) in [4.78, 5) is 22.1. The van der Waals surface area contributed by atoms with Crippen molar-refractivity contribution in [3.05, 3.63) is 53.5 Å². The quantitative estimate of drug-likeness (QED) is 0.889. The van der Waals surface area contributed by atoms with Crippen LogP contribution in [0.5, 0.6) is 0 Å². The van der Waals surface area contributed by atoms with Gasteiger partial charge in [-0.2, -0.15) is 0 Å². The second kappa shape index (κ2) is 6.48. The Hall–Kier alpha value is -2.61. The average molecular weight is 333 g/mol. The van der Waals surface area contributed by atoms with Gasteiger partial charge in [-0.1, -0.05) is 6.07 Å². The minimum Gasteiger partial charge on any atom is -0.382 e. The van der Waals surface area contributed by atoms with E-state index in [1.807, 2.05) is 11.9 Å². The second-order valence-corrected chi connectivity index (χ2v) is 5.76. The van der Waals surface area contributed by atoms with E-state index < -0.39 is 17.5 Å². The van der Waals surface area contributed by atoms with Gasteiger partial charge in [-0.05, 0) is 31.2 Å². The maximum atomic E-state index is 13.6. The lowest BCUT2D eigenvalue weighted by Gasteiger charge is -2.26. The lowest BCUT2D eigenvalue weighted by Crippen LogP contribution is -2.39. The van der Waals surface area contributed by atoms with E-state index >= 15 is 0 Å². The Morgan fingerprint density at radius 3 is 2.75 bits per heavy atom. The molecule has 2 heterocycles. The number of nitrogens with one attached hydrogen (secondary N) is 1. The highest BCUT2D eigenvalue weighted by atomic mass is 19.2. The molecule has 1 aromatic carbocycles. The number of carbonyl (C=O) groups is 1. The van der Waals surface area contributed by atoms with E-state index in [1.54, 1.807) is 0 Å². The van der Waals surface area contributed by atoms with Gasteiger partial charge in [0.2, 0.25) is 0 Å². The summed E-state index contributed by atoms with van der Waals surface area (Å²) in [6, 6.07) is 3.25. The molecule has 1 aromatic heterocycles. The molecule has 0 unspecified atom stereocenters. The van der Waals surface area contributed by atoms with Crippen molar-refractivity contribution < 1.29 is 13.6 Å². The molecule has 1 saturated heterocycles. The van der Waals surface area contributed by atoms with Gasteiger partial charge in [-0.15, -0.1) is 0 Å². The first-order valence-corrected chi connectivity index (χ1v) is 7.50. The summed E-state index contributed by atoms with van der Waals surface area (Å²) >= 11 is 0. The molecular weight excluding hydrogens is 316 g/mol. The molecule has 6 nitrogen and oxygen atoms in total. The van der Waals surface area contributed by atoms with E-state index in [9.17, 15) is 13.6 Å². The van der Waals surface area contributed by atoms with Crippen molar-refractivity contribution in [2.24, 2.45) is 0 Å². The van der Waals surface area contributed by atoms with Crippen molar-refractivity contribution in [3.63, 3.8) is 0 Å². The van der Waals surface area contributed by atoms with Crippen molar-refractivity contribution in [3.8, 4) is 0 Å². The molecule has 3 rings (SSSR count). The van der Waals surface area contributed by atoms with Crippen LogP contribution in [0, 0.1) is 11.6 Å². The van der Waals surface area contributed by atoms with Crippen LogP contribution in [-0.4, -0.2) is 40.4 Å². The third-order valence-corrected chi connectivity index (χ3v) is 4.19. The number of carbonyl (C=O) groups excluding carboxylic acids is 1. The van der Waals surface area contributed by atoms with E-state index in [2.05, 4.69) is 15.3 Å². The largest absolute Gasteiger partial charge is 0.382 e. The molecule has 2 atom stereocenters. The SMILES string of the molecule is CN1CC[C@H](NC(=O)c2nccnc2N)[C@@H]1c1ccc(F)c(F)c1. The van der Waals surface area contributed by atoms with Crippen LogP contribution in [0.15, 0.2) is 30.6 Å². The Morgan fingerprint density at radius 2 is 2.04 bits per heavy atom. The first-order valence-electron chi connectivity index (χ1n) is 7.50. The number of amides is 1. The van der Waals surface area contributed by atoms with Crippen molar-refractivity contribution in [2.75, 3.05) is 19.3 Å². The van der Waals surface area contributed by atoms with Gasteiger partial charge in [-0.3, -0.25) is 9.69 Å². The van der Waals surface area contributed by atoms with Gasteiger partial charge in [0.25, 0.3) is 5.91 Å². The zero-order chi connectivity index (χ0) is 17.3.